The molecule has 0 aromatic carbocycles. The first-order valence-corrected chi connectivity index (χ1v) is 6.42. The van der Waals surface area contributed by atoms with Gasteiger partial charge in [0.05, 0.1) is 0 Å². The quantitative estimate of drug-likeness (QED) is 0.776. The highest BCUT2D eigenvalue weighted by atomic mass is 16.3. The topological polar surface area (TPSA) is 62.2 Å². The maximum Gasteiger partial charge on any atom is 0.251 e. The first-order valence-electron chi connectivity index (χ1n) is 6.42. The molecule has 1 aromatic rings. The number of hydrogen-bond acceptors (Lipinski definition) is 3. The van der Waals surface area contributed by atoms with E-state index in [1.54, 1.807) is 24.5 Å². The molecule has 0 fully saturated rings. The van der Waals surface area contributed by atoms with Gasteiger partial charge in [-0.3, -0.25) is 9.78 Å². The van der Waals surface area contributed by atoms with E-state index in [1.165, 1.54) is 0 Å². The lowest BCUT2D eigenvalue weighted by atomic mass is 9.94. The Kier molecular flexibility index (Phi) is 6.36. The van der Waals surface area contributed by atoms with Gasteiger partial charge in [0.15, 0.2) is 0 Å². The summed E-state index contributed by atoms with van der Waals surface area (Å²) in [6.07, 6.45) is 4.95. The van der Waals surface area contributed by atoms with Gasteiger partial charge in [-0.2, -0.15) is 0 Å². The molecule has 0 aliphatic heterocycles. The molecule has 0 spiro atoms. The molecular weight excluding hydrogens is 228 g/mol. The van der Waals surface area contributed by atoms with E-state index in [-0.39, 0.29) is 12.5 Å². The smallest absolute Gasteiger partial charge is 0.251 e. The van der Waals surface area contributed by atoms with Crippen LogP contribution in [0.4, 0.5) is 0 Å². The summed E-state index contributed by atoms with van der Waals surface area (Å²) in [5, 5.41) is 11.9. The Morgan fingerprint density at radius 1 is 1.39 bits per heavy atom. The summed E-state index contributed by atoms with van der Waals surface area (Å²) in [4.78, 5) is 15.7. The van der Waals surface area contributed by atoms with Crippen molar-refractivity contribution < 1.29 is 9.90 Å². The largest absolute Gasteiger partial charge is 0.396 e. The molecule has 1 rings (SSSR count). The number of nitrogens with zero attached hydrogens (tertiary/aromatic N) is 1. The Balaban J connectivity index is 2.44. The van der Waals surface area contributed by atoms with Crippen LogP contribution < -0.4 is 5.32 Å². The highest BCUT2D eigenvalue weighted by Gasteiger charge is 2.12. The molecule has 18 heavy (non-hydrogen) atoms. The fraction of sp³-hybridized carbons (Fsp3) is 0.571. The number of aromatic nitrogens is 1. The van der Waals surface area contributed by atoms with Crippen LogP contribution >= 0.6 is 0 Å². The van der Waals surface area contributed by atoms with Gasteiger partial charge in [0.25, 0.3) is 5.91 Å². The number of nitrogens with one attached hydrogen (secondary N) is 1. The van der Waals surface area contributed by atoms with Crippen LogP contribution in [-0.2, 0) is 0 Å². The molecular formula is C14H22N2O2. The van der Waals surface area contributed by atoms with E-state index < -0.39 is 0 Å². The molecule has 0 saturated carbocycles. The third-order valence-corrected chi connectivity index (χ3v) is 2.84. The van der Waals surface area contributed by atoms with Crippen molar-refractivity contribution in [2.75, 3.05) is 13.2 Å². The minimum atomic E-state index is -0.0795. The first-order chi connectivity index (χ1) is 8.63. The predicted octanol–water partition coefficient (Wildman–Crippen LogP) is 1.86. The van der Waals surface area contributed by atoms with Crippen LogP contribution in [0.5, 0.6) is 0 Å². The van der Waals surface area contributed by atoms with Gasteiger partial charge in [0.1, 0.15) is 0 Å². The minimum absolute atomic E-state index is 0.0795. The molecule has 0 bridgehead atoms. The SMILES string of the molecule is CC(C)CC(CCO)CNC(=O)c1ccncc1. The van der Waals surface area contributed by atoms with Crippen molar-refractivity contribution in [3.8, 4) is 0 Å². The second kappa shape index (κ2) is 7.82. The summed E-state index contributed by atoms with van der Waals surface area (Å²) in [7, 11) is 0. The molecule has 0 saturated heterocycles. The molecule has 1 heterocycles. The number of hydrogen-bond donors (Lipinski definition) is 2. The number of rotatable bonds is 7. The summed E-state index contributed by atoms with van der Waals surface area (Å²) in [5.74, 6) is 0.823. The molecule has 0 aliphatic rings. The van der Waals surface area contributed by atoms with Crippen LogP contribution in [0.2, 0.25) is 0 Å². The average Bonchev–Trinajstić information content (AvgIpc) is 2.36. The van der Waals surface area contributed by atoms with Crippen molar-refractivity contribution in [1.82, 2.24) is 10.3 Å². The zero-order chi connectivity index (χ0) is 13.4. The molecule has 100 valence electrons. The summed E-state index contributed by atoms with van der Waals surface area (Å²) < 4.78 is 0. The van der Waals surface area contributed by atoms with E-state index in [0.29, 0.717) is 23.9 Å². The van der Waals surface area contributed by atoms with Gasteiger partial charge in [-0.1, -0.05) is 13.8 Å². The van der Waals surface area contributed by atoms with Crippen LogP contribution in [0.1, 0.15) is 37.0 Å². The monoisotopic (exact) mass is 250 g/mol. The first kappa shape index (κ1) is 14.6. The highest BCUT2D eigenvalue weighted by Crippen LogP contribution is 2.14. The van der Waals surface area contributed by atoms with Gasteiger partial charge in [0.2, 0.25) is 0 Å². The molecule has 0 radical (unpaired) electrons. The summed E-state index contributed by atoms with van der Waals surface area (Å²) in [6.45, 7) is 5.08. The Morgan fingerprint density at radius 2 is 2.06 bits per heavy atom. The number of pyridine rings is 1. The Bertz CT molecular complexity index is 352. The molecule has 1 unspecified atom stereocenters. The van der Waals surface area contributed by atoms with Gasteiger partial charge in [-0.05, 0) is 36.8 Å². The summed E-state index contributed by atoms with van der Waals surface area (Å²) >= 11 is 0. The van der Waals surface area contributed by atoms with Crippen molar-refractivity contribution in [3.63, 3.8) is 0 Å². The number of carbonyl (C=O) groups excluding carboxylic acids is 1. The molecule has 4 heteroatoms. The highest BCUT2D eigenvalue weighted by molar-refractivity contribution is 5.93. The van der Waals surface area contributed by atoms with E-state index in [9.17, 15) is 4.79 Å². The summed E-state index contributed by atoms with van der Waals surface area (Å²) in [6, 6.07) is 3.39. The molecule has 4 nitrogen and oxygen atoms in total. The van der Waals surface area contributed by atoms with Crippen LogP contribution in [0.3, 0.4) is 0 Å². The Hall–Kier alpha value is -1.42. The van der Waals surface area contributed by atoms with Crippen LogP contribution in [0.25, 0.3) is 0 Å². The van der Waals surface area contributed by atoms with E-state index in [1.807, 2.05) is 0 Å². The second-order valence-corrected chi connectivity index (χ2v) is 4.95. The third-order valence-electron chi connectivity index (χ3n) is 2.84. The Labute approximate surface area is 108 Å². The number of amides is 1. The van der Waals surface area contributed by atoms with E-state index >= 15 is 0 Å². The van der Waals surface area contributed by atoms with Gasteiger partial charge in [-0.15, -0.1) is 0 Å². The Morgan fingerprint density at radius 3 is 2.61 bits per heavy atom. The lowest BCUT2D eigenvalue weighted by Gasteiger charge is -2.18. The predicted molar refractivity (Wildman–Crippen MR) is 71.2 cm³/mol. The van der Waals surface area contributed by atoms with Crippen molar-refractivity contribution in [3.05, 3.63) is 30.1 Å². The molecule has 1 atom stereocenters. The number of aliphatic hydroxyl groups excluding tert-OH is 1. The number of aliphatic hydroxyl groups is 1. The average molecular weight is 250 g/mol. The van der Waals surface area contributed by atoms with Crippen LogP contribution in [-0.4, -0.2) is 29.1 Å². The zero-order valence-corrected chi connectivity index (χ0v) is 11.1. The zero-order valence-electron chi connectivity index (χ0n) is 11.1. The second-order valence-electron chi connectivity index (χ2n) is 4.95. The standard InChI is InChI=1S/C14H22N2O2/c1-11(2)9-12(5-8-17)10-16-14(18)13-3-6-15-7-4-13/h3-4,6-7,11-12,17H,5,8-10H2,1-2H3,(H,16,18). The van der Waals surface area contributed by atoms with Gasteiger partial charge in [-0.25, -0.2) is 0 Å². The fourth-order valence-electron chi connectivity index (χ4n) is 1.99. The molecule has 2 N–H and O–H groups in total. The van der Waals surface area contributed by atoms with Gasteiger partial charge in [0, 0.05) is 31.1 Å². The lowest BCUT2D eigenvalue weighted by Crippen LogP contribution is -2.30. The van der Waals surface area contributed by atoms with Crippen molar-refractivity contribution in [2.45, 2.75) is 26.7 Å². The van der Waals surface area contributed by atoms with Crippen LogP contribution in [0.15, 0.2) is 24.5 Å². The minimum Gasteiger partial charge on any atom is -0.396 e. The maximum absolute atomic E-state index is 11.8. The van der Waals surface area contributed by atoms with Gasteiger partial charge < -0.3 is 10.4 Å². The van der Waals surface area contributed by atoms with Crippen molar-refractivity contribution >= 4 is 5.91 Å². The molecule has 1 aromatic heterocycles. The van der Waals surface area contributed by atoms with E-state index in [2.05, 4.69) is 24.1 Å². The fourth-order valence-corrected chi connectivity index (χ4v) is 1.99. The normalized spacial score (nSPS) is 12.4. The third kappa shape index (κ3) is 5.27. The summed E-state index contributed by atoms with van der Waals surface area (Å²) in [5.41, 5.74) is 0.622. The van der Waals surface area contributed by atoms with Crippen molar-refractivity contribution in [2.24, 2.45) is 11.8 Å². The lowest BCUT2D eigenvalue weighted by molar-refractivity contribution is 0.0941. The van der Waals surface area contributed by atoms with E-state index in [0.717, 1.165) is 12.8 Å². The van der Waals surface area contributed by atoms with Crippen molar-refractivity contribution in [1.29, 1.82) is 0 Å². The van der Waals surface area contributed by atoms with Crippen LogP contribution in [0, 0.1) is 11.8 Å². The maximum atomic E-state index is 11.8. The molecule has 1 amide bonds. The van der Waals surface area contributed by atoms with Gasteiger partial charge >= 0.3 is 0 Å². The van der Waals surface area contributed by atoms with E-state index in [4.69, 9.17) is 5.11 Å². The number of carbonyl (C=O) groups is 1. The molecule has 0 aliphatic carbocycles.